The first-order valence-corrected chi connectivity index (χ1v) is 8.35. The molecule has 2 fully saturated rings. The lowest BCUT2D eigenvalue weighted by atomic mass is 10.1. The lowest BCUT2D eigenvalue weighted by Gasteiger charge is -2.19. The number of rotatable bonds is 0. The topological polar surface area (TPSA) is 86.7 Å². The molecule has 0 aromatic heterocycles. The van der Waals surface area contributed by atoms with Gasteiger partial charge >= 0.3 is 0 Å². The Labute approximate surface area is 95.2 Å². The lowest BCUT2D eigenvalue weighted by molar-refractivity contribution is 0.0648. The van der Waals surface area contributed by atoms with Crippen molar-refractivity contribution in [2.75, 3.05) is 5.08 Å². The molecule has 2 rings (SSSR count). The minimum absolute atomic E-state index is 0.527. The van der Waals surface area contributed by atoms with E-state index in [-0.39, 0.29) is 0 Å². The summed E-state index contributed by atoms with van der Waals surface area (Å²) in [6.07, 6.45) is 2.37. The second-order valence-electron chi connectivity index (χ2n) is 4.14. The summed E-state index contributed by atoms with van der Waals surface area (Å²) in [5, 5.41) is -1.08. The van der Waals surface area contributed by atoms with Crippen LogP contribution in [0.25, 0.3) is 0 Å². The van der Waals surface area contributed by atoms with Crippen LogP contribution in [0.15, 0.2) is 0 Å². The van der Waals surface area contributed by atoms with Crippen LogP contribution in [0.4, 0.5) is 0 Å². The SMILES string of the molecule is O=S1(=O)CS(=O)(=O)OC2CCCCCC2O1. The van der Waals surface area contributed by atoms with Gasteiger partial charge in [-0.15, -0.1) is 0 Å². The summed E-state index contributed by atoms with van der Waals surface area (Å²) in [6.45, 7) is 0. The Morgan fingerprint density at radius 2 is 1.19 bits per heavy atom. The summed E-state index contributed by atoms with van der Waals surface area (Å²) in [6, 6.07) is 0. The first-order chi connectivity index (χ1) is 7.38. The zero-order chi connectivity index (χ0) is 11.8. The highest BCUT2D eigenvalue weighted by Gasteiger charge is 2.39. The molecule has 1 aliphatic carbocycles. The maximum absolute atomic E-state index is 11.4. The van der Waals surface area contributed by atoms with Gasteiger partial charge in [-0.2, -0.15) is 16.8 Å². The zero-order valence-electron chi connectivity index (χ0n) is 8.66. The Hall–Kier alpha value is -0.180. The summed E-state index contributed by atoms with van der Waals surface area (Å²) in [7, 11) is -8.05. The van der Waals surface area contributed by atoms with Gasteiger partial charge in [-0.1, -0.05) is 19.3 Å². The highest BCUT2D eigenvalue weighted by molar-refractivity contribution is 8.03. The van der Waals surface area contributed by atoms with E-state index in [0.717, 1.165) is 19.3 Å². The van der Waals surface area contributed by atoms with E-state index in [1.807, 2.05) is 0 Å². The molecule has 2 atom stereocenters. The van der Waals surface area contributed by atoms with Gasteiger partial charge in [-0.3, -0.25) is 8.37 Å². The minimum atomic E-state index is -4.03. The Morgan fingerprint density at radius 1 is 0.750 bits per heavy atom. The molecule has 0 radical (unpaired) electrons. The fourth-order valence-corrected chi connectivity index (χ4v) is 5.12. The molecule has 0 spiro atoms. The molecule has 2 unspecified atom stereocenters. The van der Waals surface area contributed by atoms with Crippen molar-refractivity contribution in [3.8, 4) is 0 Å². The quantitative estimate of drug-likeness (QED) is 0.590. The molecule has 1 heterocycles. The summed E-state index contributed by atoms with van der Waals surface area (Å²) in [5.74, 6) is 0. The molecule has 94 valence electrons. The summed E-state index contributed by atoms with van der Waals surface area (Å²) < 4.78 is 55.3. The van der Waals surface area contributed by atoms with Gasteiger partial charge in [-0.05, 0) is 12.8 Å². The molecule has 0 N–H and O–H groups in total. The van der Waals surface area contributed by atoms with Gasteiger partial charge in [0.15, 0.2) is 0 Å². The molecule has 0 amide bonds. The Morgan fingerprint density at radius 3 is 1.62 bits per heavy atom. The van der Waals surface area contributed by atoms with Gasteiger partial charge in [0, 0.05) is 0 Å². The molecular weight excluding hydrogens is 256 g/mol. The van der Waals surface area contributed by atoms with Crippen LogP contribution in [0.3, 0.4) is 0 Å². The van der Waals surface area contributed by atoms with Crippen molar-refractivity contribution in [2.45, 2.75) is 44.3 Å². The fraction of sp³-hybridized carbons (Fsp3) is 1.00. The van der Waals surface area contributed by atoms with Crippen LogP contribution in [0.2, 0.25) is 0 Å². The highest BCUT2D eigenvalue weighted by atomic mass is 32.3. The van der Waals surface area contributed by atoms with Crippen LogP contribution in [-0.4, -0.2) is 34.1 Å². The van der Waals surface area contributed by atoms with Gasteiger partial charge in [-0.25, -0.2) is 0 Å². The molecule has 0 aromatic carbocycles. The van der Waals surface area contributed by atoms with E-state index in [0.29, 0.717) is 12.8 Å². The van der Waals surface area contributed by atoms with Gasteiger partial charge in [0.2, 0.25) is 5.08 Å². The monoisotopic (exact) mass is 270 g/mol. The third kappa shape index (κ3) is 2.93. The fourth-order valence-electron chi connectivity index (χ4n) is 2.07. The highest BCUT2D eigenvalue weighted by Crippen LogP contribution is 2.28. The van der Waals surface area contributed by atoms with Crippen LogP contribution in [-0.2, 0) is 28.6 Å². The molecular formula is C8H14O6S2. The Balaban J connectivity index is 2.31. The predicted molar refractivity (Wildman–Crippen MR) is 55.5 cm³/mol. The molecule has 2 aliphatic rings. The van der Waals surface area contributed by atoms with Gasteiger partial charge in [0.25, 0.3) is 20.2 Å². The molecule has 1 saturated carbocycles. The van der Waals surface area contributed by atoms with Crippen molar-refractivity contribution in [2.24, 2.45) is 0 Å². The van der Waals surface area contributed by atoms with Crippen LogP contribution < -0.4 is 0 Å². The van der Waals surface area contributed by atoms with Gasteiger partial charge < -0.3 is 0 Å². The number of hydrogen-bond acceptors (Lipinski definition) is 6. The maximum Gasteiger partial charge on any atom is 0.284 e. The van der Waals surface area contributed by atoms with Crippen LogP contribution in [0.1, 0.15) is 32.1 Å². The van der Waals surface area contributed by atoms with E-state index >= 15 is 0 Å². The number of fused-ring (bicyclic) bond motifs is 1. The molecule has 1 aliphatic heterocycles. The van der Waals surface area contributed by atoms with Crippen molar-refractivity contribution in [3.05, 3.63) is 0 Å². The van der Waals surface area contributed by atoms with Gasteiger partial charge in [0.1, 0.15) is 12.2 Å². The standard InChI is InChI=1S/C8H14O6S2/c9-15(10)6-16(11,12)14-8-5-3-1-2-4-7(8)13-15/h7-8H,1-6H2. The van der Waals surface area contributed by atoms with E-state index in [1.54, 1.807) is 0 Å². The minimum Gasteiger partial charge on any atom is -0.263 e. The first-order valence-electron chi connectivity index (χ1n) is 5.20. The first kappa shape index (κ1) is 12.3. The van der Waals surface area contributed by atoms with E-state index < -0.39 is 37.5 Å². The number of hydrogen-bond donors (Lipinski definition) is 0. The summed E-state index contributed by atoms with van der Waals surface area (Å²) in [4.78, 5) is 0. The van der Waals surface area contributed by atoms with E-state index in [1.165, 1.54) is 0 Å². The van der Waals surface area contributed by atoms with E-state index in [9.17, 15) is 16.8 Å². The third-order valence-electron chi connectivity index (χ3n) is 2.72. The second kappa shape index (κ2) is 4.25. The van der Waals surface area contributed by atoms with E-state index in [2.05, 4.69) is 0 Å². The normalized spacial score (nSPS) is 38.0. The Kier molecular flexibility index (Phi) is 3.26. The van der Waals surface area contributed by atoms with Gasteiger partial charge in [0.05, 0.1) is 0 Å². The molecule has 0 bridgehead atoms. The molecule has 8 heteroatoms. The molecule has 16 heavy (non-hydrogen) atoms. The Bertz CT molecular complexity index is 409. The van der Waals surface area contributed by atoms with Crippen LogP contribution in [0, 0.1) is 0 Å². The maximum atomic E-state index is 11.4. The van der Waals surface area contributed by atoms with Crippen LogP contribution in [0.5, 0.6) is 0 Å². The lowest BCUT2D eigenvalue weighted by Crippen LogP contribution is -2.30. The average molecular weight is 270 g/mol. The van der Waals surface area contributed by atoms with Crippen molar-refractivity contribution in [1.29, 1.82) is 0 Å². The molecule has 1 saturated heterocycles. The molecule has 0 aromatic rings. The summed E-state index contributed by atoms with van der Waals surface area (Å²) in [5.41, 5.74) is 0. The van der Waals surface area contributed by atoms with E-state index in [4.69, 9.17) is 8.37 Å². The van der Waals surface area contributed by atoms with Crippen molar-refractivity contribution < 1.29 is 25.2 Å². The van der Waals surface area contributed by atoms with Crippen molar-refractivity contribution in [1.82, 2.24) is 0 Å². The molecule has 6 nitrogen and oxygen atoms in total. The van der Waals surface area contributed by atoms with Crippen LogP contribution >= 0.6 is 0 Å². The average Bonchev–Trinajstić information content (AvgIpc) is 2.31. The predicted octanol–water partition coefficient (Wildman–Crippen LogP) is 0.352. The zero-order valence-corrected chi connectivity index (χ0v) is 10.3. The van der Waals surface area contributed by atoms with Crippen molar-refractivity contribution >= 4 is 20.2 Å². The second-order valence-corrected chi connectivity index (χ2v) is 7.70. The largest absolute Gasteiger partial charge is 0.284 e. The van der Waals surface area contributed by atoms with Crippen molar-refractivity contribution in [3.63, 3.8) is 0 Å². The third-order valence-corrected chi connectivity index (χ3v) is 6.11. The smallest absolute Gasteiger partial charge is 0.263 e. The summed E-state index contributed by atoms with van der Waals surface area (Å²) >= 11 is 0.